The van der Waals surface area contributed by atoms with Crippen molar-refractivity contribution in [3.63, 3.8) is 0 Å². The van der Waals surface area contributed by atoms with E-state index in [2.05, 4.69) is 41.6 Å². The molecule has 1 fully saturated rings. The maximum absolute atomic E-state index is 12.5. The maximum atomic E-state index is 12.5. The molecule has 0 spiro atoms. The minimum absolute atomic E-state index is 0.127. The summed E-state index contributed by atoms with van der Waals surface area (Å²) in [6.45, 7) is 10.2. The molecule has 1 aromatic heterocycles. The standard InChI is InChI=1S/C14H22BrN3O/c1-14(2,3)18-7-5-17(6-8-18)13(19)12-9-11(15)10-16(12)4/h9-10H,5-8H2,1-4H3. The molecule has 5 heteroatoms. The van der Waals surface area contributed by atoms with Crippen molar-refractivity contribution < 1.29 is 4.79 Å². The van der Waals surface area contributed by atoms with Crippen LogP contribution in [0.3, 0.4) is 0 Å². The fourth-order valence-corrected chi connectivity index (χ4v) is 3.00. The van der Waals surface area contributed by atoms with Gasteiger partial charge < -0.3 is 9.47 Å². The summed E-state index contributed by atoms with van der Waals surface area (Å²) in [5, 5.41) is 0. The highest BCUT2D eigenvalue weighted by molar-refractivity contribution is 9.10. The molecule has 1 aromatic rings. The molecule has 4 nitrogen and oxygen atoms in total. The predicted octanol–water partition coefficient (Wildman–Crippen LogP) is 2.34. The van der Waals surface area contributed by atoms with Crippen LogP contribution in [0, 0.1) is 0 Å². The summed E-state index contributed by atoms with van der Waals surface area (Å²) in [5.74, 6) is 0.127. The normalized spacial score (nSPS) is 17.8. The molecule has 0 atom stereocenters. The first kappa shape index (κ1) is 14.6. The average molecular weight is 328 g/mol. The molecule has 0 N–H and O–H groups in total. The molecule has 0 bridgehead atoms. The van der Waals surface area contributed by atoms with Gasteiger partial charge in [0.2, 0.25) is 0 Å². The van der Waals surface area contributed by atoms with E-state index in [1.165, 1.54) is 0 Å². The third-order valence-electron chi connectivity index (χ3n) is 3.71. The van der Waals surface area contributed by atoms with Gasteiger partial charge in [0, 0.05) is 49.4 Å². The summed E-state index contributed by atoms with van der Waals surface area (Å²) in [5.41, 5.74) is 0.930. The fourth-order valence-electron chi connectivity index (χ4n) is 2.48. The first-order chi connectivity index (χ1) is 8.79. The molecule has 0 aromatic carbocycles. The monoisotopic (exact) mass is 327 g/mol. The lowest BCUT2D eigenvalue weighted by atomic mass is 10.0. The van der Waals surface area contributed by atoms with Crippen molar-refractivity contribution in [3.05, 3.63) is 22.4 Å². The number of hydrogen-bond donors (Lipinski definition) is 0. The van der Waals surface area contributed by atoms with Gasteiger partial charge in [-0.15, -0.1) is 0 Å². The lowest BCUT2D eigenvalue weighted by molar-refractivity contribution is 0.0444. The number of aromatic nitrogens is 1. The number of halogens is 1. The number of amides is 1. The third kappa shape index (κ3) is 3.20. The van der Waals surface area contributed by atoms with Gasteiger partial charge in [-0.3, -0.25) is 9.69 Å². The molecule has 0 aliphatic carbocycles. The summed E-state index contributed by atoms with van der Waals surface area (Å²) in [4.78, 5) is 16.8. The lowest BCUT2D eigenvalue weighted by Crippen LogP contribution is -2.54. The number of piperazine rings is 1. The van der Waals surface area contributed by atoms with Gasteiger partial charge in [-0.05, 0) is 42.8 Å². The van der Waals surface area contributed by atoms with Gasteiger partial charge in [-0.1, -0.05) is 0 Å². The van der Waals surface area contributed by atoms with Gasteiger partial charge in [0.15, 0.2) is 0 Å². The minimum atomic E-state index is 0.127. The number of rotatable bonds is 1. The minimum Gasteiger partial charge on any atom is -0.345 e. The SMILES string of the molecule is Cn1cc(Br)cc1C(=O)N1CCN(C(C)(C)C)CC1. The Morgan fingerprint density at radius 1 is 1.21 bits per heavy atom. The summed E-state index contributed by atoms with van der Waals surface area (Å²) >= 11 is 3.41. The van der Waals surface area contributed by atoms with E-state index >= 15 is 0 Å². The van der Waals surface area contributed by atoms with Crippen LogP contribution in [0.15, 0.2) is 16.7 Å². The zero-order valence-corrected chi connectivity index (χ0v) is 13.7. The molecule has 1 aliphatic rings. The Bertz CT molecular complexity index is 468. The van der Waals surface area contributed by atoms with E-state index < -0.39 is 0 Å². The molecule has 106 valence electrons. The van der Waals surface area contributed by atoms with Crippen LogP contribution in [0.1, 0.15) is 31.3 Å². The molecule has 19 heavy (non-hydrogen) atoms. The second kappa shape index (κ2) is 5.29. The van der Waals surface area contributed by atoms with Crippen LogP contribution < -0.4 is 0 Å². The molecule has 0 saturated carbocycles. The number of nitrogens with zero attached hydrogens (tertiary/aromatic N) is 3. The molecular weight excluding hydrogens is 306 g/mol. The van der Waals surface area contributed by atoms with Crippen molar-refractivity contribution in [1.82, 2.24) is 14.4 Å². The van der Waals surface area contributed by atoms with Crippen LogP contribution in [-0.2, 0) is 7.05 Å². The second-order valence-corrected chi connectivity index (χ2v) is 7.02. The maximum Gasteiger partial charge on any atom is 0.270 e. The van der Waals surface area contributed by atoms with Gasteiger partial charge >= 0.3 is 0 Å². The Kier molecular flexibility index (Phi) is 4.06. The largest absolute Gasteiger partial charge is 0.345 e. The number of carbonyl (C=O) groups is 1. The van der Waals surface area contributed by atoms with Crippen LogP contribution in [0.25, 0.3) is 0 Å². The number of aryl methyl sites for hydroxylation is 1. The highest BCUT2D eigenvalue weighted by Crippen LogP contribution is 2.19. The van der Waals surface area contributed by atoms with Gasteiger partial charge in [-0.25, -0.2) is 0 Å². The van der Waals surface area contributed by atoms with Crippen molar-refractivity contribution in [2.24, 2.45) is 7.05 Å². The zero-order chi connectivity index (χ0) is 14.2. The van der Waals surface area contributed by atoms with Crippen LogP contribution >= 0.6 is 15.9 Å². The molecule has 2 heterocycles. The first-order valence-electron chi connectivity index (χ1n) is 6.65. The van der Waals surface area contributed by atoms with E-state index in [1.54, 1.807) is 0 Å². The van der Waals surface area contributed by atoms with Crippen molar-refractivity contribution in [1.29, 1.82) is 0 Å². The molecular formula is C14H22BrN3O. The van der Waals surface area contributed by atoms with Gasteiger partial charge in [0.25, 0.3) is 5.91 Å². The van der Waals surface area contributed by atoms with Crippen molar-refractivity contribution in [2.75, 3.05) is 26.2 Å². The summed E-state index contributed by atoms with van der Waals surface area (Å²) < 4.78 is 2.83. The third-order valence-corrected chi connectivity index (χ3v) is 4.14. The van der Waals surface area contributed by atoms with Crippen molar-refractivity contribution in [2.45, 2.75) is 26.3 Å². The van der Waals surface area contributed by atoms with E-state index in [4.69, 9.17) is 0 Å². The zero-order valence-electron chi connectivity index (χ0n) is 12.1. The first-order valence-corrected chi connectivity index (χ1v) is 7.44. The quantitative estimate of drug-likeness (QED) is 0.792. The highest BCUT2D eigenvalue weighted by Gasteiger charge is 2.28. The number of carbonyl (C=O) groups excluding carboxylic acids is 1. The van der Waals surface area contributed by atoms with E-state index in [0.717, 1.165) is 36.3 Å². The Hall–Kier alpha value is -0.810. The number of hydrogen-bond acceptors (Lipinski definition) is 2. The van der Waals surface area contributed by atoms with E-state index in [1.807, 2.05) is 28.8 Å². The van der Waals surface area contributed by atoms with Crippen molar-refractivity contribution >= 4 is 21.8 Å². The summed E-state index contributed by atoms with van der Waals surface area (Å²) in [6, 6.07) is 1.89. The van der Waals surface area contributed by atoms with Gasteiger partial charge in [0.05, 0.1) is 0 Å². The molecule has 0 unspecified atom stereocenters. The highest BCUT2D eigenvalue weighted by atomic mass is 79.9. The molecule has 0 radical (unpaired) electrons. The van der Waals surface area contributed by atoms with E-state index in [0.29, 0.717) is 0 Å². The van der Waals surface area contributed by atoms with Crippen molar-refractivity contribution in [3.8, 4) is 0 Å². The summed E-state index contributed by atoms with van der Waals surface area (Å²) in [6.07, 6.45) is 1.92. The Balaban J connectivity index is 2.02. The van der Waals surface area contributed by atoms with Crippen LogP contribution in [0.4, 0.5) is 0 Å². The van der Waals surface area contributed by atoms with Crippen LogP contribution in [0.2, 0.25) is 0 Å². The van der Waals surface area contributed by atoms with Crippen LogP contribution in [-0.4, -0.2) is 52.0 Å². The smallest absolute Gasteiger partial charge is 0.270 e. The Labute approximate surface area is 123 Å². The second-order valence-electron chi connectivity index (χ2n) is 6.10. The lowest BCUT2D eigenvalue weighted by Gasteiger charge is -2.42. The topological polar surface area (TPSA) is 28.5 Å². The molecule has 1 saturated heterocycles. The average Bonchev–Trinajstić information content (AvgIpc) is 2.66. The van der Waals surface area contributed by atoms with E-state index in [9.17, 15) is 4.79 Å². The van der Waals surface area contributed by atoms with E-state index in [-0.39, 0.29) is 11.4 Å². The Morgan fingerprint density at radius 2 is 1.79 bits per heavy atom. The fraction of sp³-hybridized carbons (Fsp3) is 0.643. The Morgan fingerprint density at radius 3 is 2.21 bits per heavy atom. The van der Waals surface area contributed by atoms with Gasteiger partial charge in [-0.2, -0.15) is 0 Å². The molecule has 2 rings (SSSR count). The molecule has 1 aliphatic heterocycles. The predicted molar refractivity (Wildman–Crippen MR) is 80.3 cm³/mol. The molecule has 1 amide bonds. The summed E-state index contributed by atoms with van der Waals surface area (Å²) in [7, 11) is 1.91. The van der Waals surface area contributed by atoms with Crippen LogP contribution in [0.5, 0.6) is 0 Å². The van der Waals surface area contributed by atoms with Gasteiger partial charge in [0.1, 0.15) is 5.69 Å².